The number of nitrogens with one attached hydrogen (secondary N) is 1. The lowest BCUT2D eigenvalue weighted by atomic mass is 10.1. The van der Waals surface area contributed by atoms with Crippen LogP contribution >= 0.6 is 0 Å². The molecule has 1 aliphatic rings. The molecular weight excluding hydrogens is 324 g/mol. The van der Waals surface area contributed by atoms with Gasteiger partial charge in [0.1, 0.15) is 0 Å². The molecule has 1 aliphatic heterocycles. The highest BCUT2D eigenvalue weighted by Crippen LogP contribution is 2.24. The topological polar surface area (TPSA) is 96.5 Å². The molecule has 7 heteroatoms. The normalized spacial score (nSPS) is 13.2. The Balaban J connectivity index is 1.69. The zero-order chi connectivity index (χ0) is 17.6. The van der Waals surface area contributed by atoms with Gasteiger partial charge < -0.3 is 9.82 Å². The first-order valence-corrected chi connectivity index (χ1v) is 7.38. The van der Waals surface area contributed by atoms with E-state index in [0.29, 0.717) is 15.8 Å². The predicted octanol–water partition coefficient (Wildman–Crippen LogP) is 1.90. The van der Waals surface area contributed by atoms with Crippen LogP contribution in [0.15, 0.2) is 59.5 Å². The monoisotopic (exact) mass is 334 g/mol. The number of aromatic nitrogens is 1. The third kappa shape index (κ3) is 2.29. The van der Waals surface area contributed by atoms with Crippen molar-refractivity contribution >= 4 is 28.6 Å². The quantitative estimate of drug-likeness (QED) is 0.722. The van der Waals surface area contributed by atoms with Crippen LogP contribution in [0.4, 0.5) is 0 Å². The van der Waals surface area contributed by atoms with Crippen LogP contribution < -0.4 is 5.56 Å². The largest absolute Gasteiger partial charge is 0.364 e. The van der Waals surface area contributed by atoms with Crippen LogP contribution in [0.3, 0.4) is 0 Å². The summed E-state index contributed by atoms with van der Waals surface area (Å²) < 4.78 is 0. The van der Waals surface area contributed by atoms with Crippen LogP contribution in [-0.2, 0) is 4.84 Å². The number of rotatable bonds is 2. The second kappa shape index (κ2) is 5.41. The van der Waals surface area contributed by atoms with Gasteiger partial charge >= 0.3 is 5.97 Å². The van der Waals surface area contributed by atoms with Gasteiger partial charge in [0.25, 0.3) is 11.8 Å². The molecule has 0 saturated carbocycles. The molecule has 1 N–H and O–H groups in total. The Kier molecular flexibility index (Phi) is 3.21. The van der Waals surface area contributed by atoms with Gasteiger partial charge in [0.05, 0.1) is 16.7 Å². The third-order valence-corrected chi connectivity index (χ3v) is 3.94. The van der Waals surface area contributed by atoms with Gasteiger partial charge in [0.15, 0.2) is 0 Å². The van der Waals surface area contributed by atoms with Crippen LogP contribution in [-0.4, -0.2) is 27.8 Å². The van der Waals surface area contributed by atoms with Crippen LogP contribution in [0.5, 0.6) is 0 Å². The fourth-order valence-electron chi connectivity index (χ4n) is 2.76. The first kappa shape index (κ1) is 14.8. The van der Waals surface area contributed by atoms with Crippen molar-refractivity contribution in [1.29, 1.82) is 0 Å². The summed E-state index contributed by atoms with van der Waals surface area (Å²) in [5.41, 5.74) is 0.189. The standard InChI is InChI=1S/C18H10N2O5/c21-15-8-10-4-3-7-13(14(10)9-19-15)18(24)25-20-16(22)11-5-1-2-6-12(11)17(20)23/h1-9H,(H,19,21). The molecule has 0 saturated heterocycles. The maximum atomic E-state index is 12.5. The highest BCUT2D eigenvalue weighted by Gasteiger charge is 2.38. The average molecular weight is 334 g/mol. The third-order valence-electron chi connectivity index (χ3n) is 3.94. The lowest BCUT2D eigenvalue weighted by Gasteiger charge is -2.13. The number of amides is 2. The molecule has 7 nitrogen and oxygen atoms in total. The molecule has 0 spiro atoms. The summed E-state index contributed by atoms with van der Waals surface area (Å²) in [6, 6.07) is 12.3. The molecular formula is C18H10N2O5. The van der Waals surface area contributed by atoms with Crippen molar-refractivity contribution in [3.05, 3.63) is 81.8 Å². The molecule has 122 valence electrons. The minimum atomic E-state index is -0.868. The zero-order valence-electron chi connectivity index (χ0n) is 12.7. The number of imide groups is 1. The van der Waals surface area contributed by atoms with E-state index in [-0.39, 0.29) is 22.2 Å². The van der Waals surface area contributed by atoms with Gasteiger partial charge in [0.2, 0.25) is 5.56 Å². The minimum absolute atomic E-state index is 0.130. The van der Waals surface area contributed by atoms with Gasteiger partial charge in [-0.2, -0.15) is 0 Å². The molecule has 0 atom stereocenters. The lowest BCUT2D eigenvalue weighted by Crippen LogP contribution is -2.32. The summed E-state index contributed by atoms with van der Waals surface area (Å²) in [4.78, 5) is 55.9. The molecule has 2 heterocycles. The number of hydrogen-bond donors (Lipinski definition) is 1. The highest BCUT2D eigenvalue weighted by molar-refractivity contribution is 6.21. The Morgan fingerprint density at radius 2 is 1.60 bits per heavy atom. The Labute approximate surface area is 140 Å². The van der Waals surface area contributed by atoms with E-state index in [0.717, 1.165) is 0 Å². The summed E-state index contributed by atoms with van der Waals surface area (Å²) >= 11 is 0. The second-order valence-electron chi connectivity index (χ2n) is 5.43. The lowest BCUT2D eigenvalue weighted by molar-refractivity contribution is -0.0583. The number of H-pyrrole nitrogens is 1. The Hall–Kier alpha value is -3.74. The molecule has 0 bridgehead atoms. The number of carbonyl (C=O) groups excluding carboxylic acids is 3. The number of benzene rings is 2. The number of fused-ring (bicyclic) bond motifs is 2. The summed E-state index contributed by atoms with van der Waals surface area (Å²) in [7, 11) is 0. The van der Waals surface area contributed by atoms with E-state index in [9.17, 15) is 19.2 Å². The Morgan fingerprint density at radius 3 is 2.28 bits per heavy atom. The first-order valence-electron chi connectivity index (χ1n) is 7.38. The molecule has 3 aromatic rings. The van der Waals surface area contributed by atoms with Gasteiger partial charge in [0, 0.05) is 17.6 Å². The van der Waals surface area contributed by atoms with Gasteiger partial charge in [-0.3, -0.25) is 14.4 Å². The van der Waals surface area contributed by atoms with E-state index in [1.807, 2.05) is 0 Å². The van der Waals surface area contributed by atoms with Gasteiger partial charge in [-0.25, -0.2) is 4.79 Å². The van der Waals surface area contributed by atoms with E-state index < -0.39 is 17.8 Å². The number of hydrogen-bond acceptors (Lipinski definition) is 5. The van der Waals surface area contributed by atoms with E-state index in [1.165, 1.54) is 30.5 Å². The molecule has 2 amide bonds. The SMILES string of the molecule is O=C(ON1C(=O)c2ccccc2C1=O)c1cccc2cc(=O)[nH]cc12. The first-order chi connectivity index (χ1) is 12.1. The zero-order valence-corrected chi connectivity index (χ0v) is 12.7. The van der Waals surface area contributed by atoms with Crippen molar-refractivity contribution in [3.63, 3.8) is 0 Å². The van der Waals surface area contributed by atoms with E-state index >= 15 is 0 Å². The van der Waals surface area contributed by atoms with Crippen molar-refractivity contribution in [2.75, 3.05) is 0 Å². The summed E-state index contributed by atoms with van der Waals surface area (Å²) in [6.07, 6.45) is 1.39. The maximum absolute atomic E-state index is 12.5. The molecule has 0 fully saturated rings. The van der Waals surface area contributed by atoms with Crippen molar-refractivity contribution in [3.8, 4) is 0 Å². The number of hydroxylamine groups is 2. The van der Waals surface area contributed by atoms with Crippen molar-refractivity contribution in [1.82, 2.24) is 10.0 Å². The second-order valence-corrected chi connectivity index (χ2v) is 5.43. The van der Waals surface area contributed by atoms with Crippen molar-refractivity contribution in [2.45, 2.75) is 0 Å². The highest BCUT2D eigenvalue weighted by atomic mass is 16.7. The number of nitrogens with zero attached hydrogens (tertiary/aromatic N) is 1. The Morgan fingerprint density at radius 1 is 0.920 bits per heavy atom. The fourth-order valence-corrected chi connectivity index (χ4v) is 2.76. The Bertz CT molecular complexity index is 1080. The average Bonchev–Trinajstić information content (AvgIpc) is 2.86. The molecule has 1 aromatic heterocycles. The molecule has 0 unspecified atom stereocenters. The summed E-state index contributed by atoms with van der Waals surface area (Å²) in [5.74, 6) is -2.25. The molecule has 4 rings (SSSR count). The van der Waals surface area contributed by atoms with Gasteiger partial charge in [-0.1, -0.05) is 29.3 Å². The number of aromatic amines is 1. The van der Waals surface area contributed by atoms with Crippen molar-refractivity contribution < 1.29 is 19.2 Å². The van der Waals surface area contributed by atoms with Gasteiger partial charge in [-0.05, 0) is 23.6 Å². The van der Waals surface area contributed by atoms with Crippen LogP contribution in [0.1, 0.15) is 31.1 Å². The maximum Gasteiger partial charge on any atom is 0.364 e. The fraction of sp³-hybridized carbons (Fsp3) is 0. The minimum Gasteiger partial charge on any atom is -0.328 e. The smallest absolute Gasteiger partial charge is 0.328 e. The number of pyridine rings is 1. The van der Waals surface area contributed by atoms with E-state index in [1.54, 1.807) is 24.3 Å². The molecule has 0 aliphatic carbocycles. The van der Waals surface area contributed by atoms with Gasteiger partial charge in [-0.15, -0.1) is 0 Å². The molecule has 25 heavy (non-hydrogen) atoms. The van der Waals surface area contributed by atoms with Crippen LogP contribution in [0.25, 0.3) is 10.8 Å². The molecule has 2 aromatic carbocycles. The number of carbonyl (C=O) groups is 3. The van der Waals surface area contributed by atoms with Crippen molar-refractivity contribution in [2.24, 2.45) is 0 Å². The van der Waals surface area contributed by atoms with E-state index in [2.05, 4.69) is 4.98 Å². The van der Waals surface area contributed by atoms with Crippen LogP contribution in [0, 0.1) is 0 Å². The summed E-state index contributed by atoms with van der Waals surface area (Å²) in [5, 5.41) is 1.45. The van der Waals surface area contributed by atoms with E-state index in [4.69, 9.17) is 4.84 Å². The predicted molar refractivity (Wildman–Crippen MR) is 86.9 cm³/mol. The van der Waals surface area contributed by atoms with Crippen LogP contribution in [0.2, 0.25) is 0 Å². The summed E-state index contributed by atoms with van der Waals surface area (Å²) in [6.45, 7) is 0. The molecule has 0 radical (unpaired) electrons.